The van der Waals surface area contributed by atoms with Crippen molar-refractivity contribution in [2.75, 3.05) is 18.7 Å². The topological polar surface area (TPSA) is 51.9 Å². The van der Waals surface area contributed by atoms with Crippen LogP contribution >= 0.6 is 0 Å². The van der Waals surface area contributed by atoms with Gasteiger partial charge in [0.25, 0.3) is 0 Å². The average molecular weight is 428 g/mol. The van der Waals surface area contributed by atoms with E-state index in [9.17, 15) is 4.79 Å². The lowest BCUT2D eigenvalue weighted by Crippen LogP contribution is -2.32. The molecule has 3 aromatic carbocycles. The molecule has 1 aliphatic heterocycles. The van der Waals surface area contributed by atoms with Crippen LogP contribution in [0, 0.1) is 20.8 Å². The van der Waals surface area contributed by atoms with Gasteiger partial charge in [0.2, 0.25) is 0 Å². The maximum absolute atomic E-state index is 12.4. The highest BCUT2D eigenvalue weighted by Crippen LogP contribution is 2.39. The third-order valence-electron chi connectivity index (χ3n) is 6.11. The van der Waals surface area contributed by atoms with Crippen LogP contribution in [0.2, 0.25) is 0 Å². The van der Waals surface area contributed by atoms with Crippen LogP contribution in [0.3, 0.4) is 0 Å². The molecule has 0 fully saturated rings. The van der Waals surface area contributed by atoms with Gasteiger partial charge in [-0.1, -0.05) is 29.8 Å². The second-order valence-electron chi connectivity index (χ2n) is 8.34. The first kappa shape index (κ1) is 20.2. The fraction of sp³-hybridized carbons (Fsp3) is 0.222. The van der Waals surface area contributed by atoms with Crippen LogP contribution in [0.5, 0.6) is 11.5 Å². The molecule has 5 heteroatoms. The number of aryl methyl sites for hydroxylation is 3. The van der Waals surface area contributed by atoms with Crippen molar-refractivity contribution in [2.24, 2.45) is 0 Å². The molecule has 32 heavy (non-hydrogen) atoms. The second-order valence-corrected chi connectivity index (χ2v) is 8.34. The lowest BCUT2D eigenvalue weighted by Gasteiger charge is -2.33. The van der Waals surface area contributed by atoms with Gasteiger partial charge in [0.15, 0.2) is 6.73 Å². The first-order chi connectivity index (χ1) is 15.4. The molecule has 0 amide bonds. The van der Waals surface area contributed by atoms with Crippen molar-refractivity contribution >= 4 is 16.7 Å². The number of hydrogen-bond acceptors (Lipinski definition) is 5. The predicted octanol–water partition coefficient (Wildman–Crippen LogP) is 5.75. The molecular formula is C27H25NO4. The summed E-state index contributed by atoms with van der Waals surface area (Å²) in [7, 11) is 1.64. The molecule has 1 aliphatic rings. The number of benzene rings is 3. The Morgan fingerprint density at radius 2 is 1.75 bits per heavy atom. The van der Waals surface area contributed by atoms with E-state index in [1.807, 2.05) is 31.2 Å². The number of anilines is 1. The van der Waals surface area contributed by atoms with Gasteiger partial charge >= 0.3 is 5.63 Å². The Hall–Kier alpha value is -3.73. The van der Waals surface area contributed by atoms with Gasteiger partial charge in [-0.15, -0.1) is 0 Å². The zero-order valence-corrected chi connectivity index (χ0v) is 18.7. The van der Waals surface area contributed by atoms with E-state index < -0.39 is 0 Å². The predicted molar refractivity (Wildman–Crippen MR) is 127 cm³/mol. The van der Waals surface area contributed by atoms with Crippen molar-refractivity contribution in [3.8, 4) is 22.6 Å². The minimum Gasteiger partial charge on any atom is -0.497 e. The Morgan fingerprint density at radius 1 is 0.969 bits per heavy atom. The van der Waals surface area contributed by atoms with Gasteiger partial charge in [0, 0.05) is 34.8 Å². The van der Waals surface area contributed by atoms with Gasteiger partial charge in [0.05, 0.1) is 7.11 Å². The van der Waals surface area contributed by atoms with Crippen molar-refractivity contribution in [1.82, 2.24) is 0 Å². The van der Waals surface area contributed by atoms with E-state index in [2.05, 4.69) is 43.0 Å². The summed E-state index contributed by atoms with van der Waals surface area (Å²) in [5.74, 6) is 1.57. The Balaban J connectivity index is 1.64. The molecule has 5 rings (SSSR count). The Kier molecular flexibility index (Phi) is 4.89. The summed E-state index contributed by atoms with van der Waals surface area (Å²) in [6.45, 7) is 7.35. The summed E-state index contributed by atoms with van der Waals surface area (Å²) in [5.41, 5.74) is 7.52. The van der Waals surface area contributed by atoms with E-state index in [0.717, 1.165) is 51.4 Å². The van der Waals surface area contributed by atoms with Gasteiger partial charge in [0.1, 0.15) is 17.1 Å². The van der Waals surface area contributed by atoms with E-state index in [0.29, 0.717) is 12.3 Å². The van der Waals surface area contributed by atoms with Crippen LogP contribution in [0.25, 0.3) is 22.1 Å². The zero-order chi connectivity index (χ0) is 22.4. The minimum absolute atomic E-state index is 0.376. The van der Waals surface area contributed by atoms with Gasteiger partial charge in [-0.2, -0.15) is 0 Å². The summed E-state index contributed by atoms with van der Waals surface area (Å²) >= 11 is 0. The van der Waals surface area contributed by atoms with E-state index in [1.54, 1.807) is 13.2 Å². The molecule has 1 aromatic heterocycles. The highest BCUT2D eigenvalue weighted by atomic mass is 16.5. The van der Waals surface area contributed by atoms with Crippen molar-refractivity contribution in [1.29, 1.82) is 0 Å². The standard InChI is InChI=1S/C27H25NO4/c1-16-5-10-24(17(2)11-16)28-14-20-12-23-22(19-6-8-21(30-4)9-7-19)13-25(29)32-27(23)18(3)26(20)31-15-28/h5-13H,14-15H2,1-4H3. The lowest BCUT2D eigenvalue weighted by molar-refractivity contribution is 0.287. The summed E-state index contributed by atoms with van der Waals surface area (Å²) < 4.78 is 17.1. The van der Waals surface area contributed by atoms with Gasteiger partial charge < -0.3 is 18.8 Å². The van der Waals surface area contributed by atoms with Crippen LogP contribution < -0.4 is 20.0 Å². The monoisotopic (exact) mass is 427 g/mol. The van der Waals surface area contributed by atoms with E-state index in [1.165, 1.54) is 11.1 Å². The Bertz CT molecular complexity index is 1390. The third-order valence-corrected chi connectivity index (χ3v) is 6.11. The second kappa shape index (κ2) is 7.75. The molecule has 0 saturated carbocycles. The molecule has 0 unspecified atom stereocenters. The molecule has 0 N–H and O–H groups in total. The van der Waals surface area contributed by atoms with E-state index >= 15 is 0 Å². The maximum Gasteiger partial charge on any atom is 0.336 e. The highest BCUT2D eigenvalue weighted by molar-refractivity contribution is 5.96. The number of rotatable bonds is 3. The molecule has 0 saturated heterocycles. The molecule has 0 spiro atoms. The van der Waals surface area contributed by atoms with Crippen molar-refractivity contribution in [3.63, 3.8) is 0 Å². The molecule has 0 bridgehead atoms. The van der Waals surface area contributed by atoms with Crippen LogP contribution in [-0.4, -0.2) is 13.8 Å². The molecule has 0 aliphatic carbocycles. The molecule has 2 heterocycles. The highest BCUT2D eigenvalue weighted by Gasteiger charge is 2.24. The van der Waals surface area contributed by atoms with Gasteiger partial charge in [-0.25, -0.2) is 4.79 Å². The van der Waals surface area contributed by atoms with Crippen LogP contribution in [0.1, 0.15) is 22.3 Å². The first-order valence-electron chi connectivity index (χ1n) is 10.6. The Morgan fingerprint density at radius 3 is 2.47 bits per heavy atom. The molecular weight excluding hydrogens is 402 g/mol. The van der Waals surface area contributed by atoms with Crippen LogP contribution in [0.4, 0.5) is 5.69 Å². The number of methoxy groups -OCH3 is 1. The molecule has 4 aromatic rings. The quantitative estimate of drug-likeness (QED) is 0.390. The fourth-order valence-electron chi connectivity index (χ4n) is 4.54. The molecule has 0 atom stereocenters. The zero-order valence-electron chi connectivity index (χ0n) is 18.7. The number of fused-ring (bicyclic) bond motifs is 2. The summed E-state index contributed by atoms with van der Waals surface area (Å²) in [4.78, 5) is 14.6. The summed E-state index contributed by atoms with van der Waals surface area (Å²) in [5, 5.41) is 0.900. The molecule has 0 radical (unpaired) electrons. The normalized spacial score (nSPS) is 13.1. The average Bonchev–Trinajstić information content (AvgIpc) is 2.79. The van der Waals surface area contributed by atoms with Gasteiger partial charge in [-0.3, -0.25) is 0 Å². The largest absolute Gasteiger partial charge is 0.497 e. The van der Waals surface area contributed by atoms with Crippen molar-refractivity contribution in [2.45, 2.75) is 27.3 Å². The number of ether oxygens (including phenoxy) is 2. The summed E-state index contributed by atoms with van der Waals surface area (Å²) in [6.07, 6.45) is 0. The lowest BCUT2D eigenvalue weighted by atomic mass is 9.96. The van der Waals surface area contributed by atoms with Crippen LogP contribution in [0.15, 0.2) is 63.8 Å². The number of nitrogens with zero attached hydrogens (tertiary/aromatic N) is 1. The van der Waals surface area contributed by atoms with Crippen LogP contribution in [-0.2, 0) is 6.54 Å². The third kappa shape index (κ3) is 3.40. The molecule has 5 nitrogen and oxygen atoms in total. The minimum atomic E-state index is -0.376. The van der Waals surface area contributed by atoms with Crippen molar-refractivity contribution < 1.29 is 13.9 Å². The molecule has 162 valence electrons. The smallest absolute Gasteiger partial charge is 0.336 e. The van der Waals surface area contributed by atoms with Gasteiger partial charge in [-0.05, 0) is 61.7 Å². The van der Waals surface area contributed by atoms with Crippen molar-refractivity contribution in [3.05, 3.63) is 87.3 Å². The van der Waals surface area contributed by atoms with E-state index in [4.69, 9.17) is 13.9 Å². The maximum atomic E-state index is 12.4. The van der Waals surface area contributed by atoms with E-state index in [-0.39, 0.29) is 5.63 Å². The number of hydrogen-bond donors (Lipinski definition) is 0. The Labute approximate surface area is 186 Å². The first-order valence-corrected chi connectivity index (χ1v) is 10.6. The fourth-order valence-corrected chi connectivity index (χ4v) is 4.54. The SMILES string of the molecule is COc1ccc(-c2cc(=O)oc3c(C)c4c(cc23)CN(c2ccc(C)cc2C)CO4)cc1. The summed E-state index contributed by atoms with van der Waals surface area (Å²) in [6, 6.07) is 17.8.